The summed E-state index contributed by atoms with van der Waals surface area (Å²) in [7, 11) is 1.51. The molecule has 0 aromatic heterocycles. The number of aliphatic hydroxyl groups excluding tert-OH is 1. The predicted molar refractivity (Wildman–Crippen MR) is 120 cm³/mol. The summed E-state index contributed by atoms with van der Waals surface area (Å²) in [5, 5.41) is 13.0. The van der Waals surface area contributed by atoms with Crippen LogP contribution in [-0.4, -0.2) is 61.7 Å². The summed E-state index contributed by atoms with van der Waals surface area (Å²) < 4.78 is 54.7. The molecule has 2 amide bonds. The first kappa shape index (κ1) is 25.6. The van der Waals surface area contributed by atoms with Crippen molar-refractivity contribution >= 4 is 11.7 Å². The van der Waals surface area contributed by atoms with Crippen molar-refractivity contribution in [2.24, 2.45) is 0 Å². The second-order valence-electron chi connectivity index (χ2n) is 8.24. The minimum atomic E-state index is -4.43. The van der Waals surface area contributed by atoms with Crippen molar-refractivity contribution in [1.82, 2.24) is 4.90 Å². The Morgan fingerprint density at radius 1 is 1.24 bits per heavy atom. The number of carbonyl (C=O) groups excluding carboxylic acids is 1. The summed E-state index contributed by atoms with van der Waals surface area (Å²) in [5.41, 5.74) is 0.687. The third-order valence-corrected chi connectivity index (χ3v) is 5.28. The minimum Gasteiger partial charge on any atom is -0.491 e. The maximum absolute atomic E-state index is 12.6. The zero-order chi connectivity index (χ0) is 24.7. The van der Waals surface area contributed by atoms with E-state index in [0.717, 1.165) is 37.1 Å². The molecule has 0 aliphatic carbocycles. The van der Waals surface area contributed by atoms with Crippen molar-refractivity contribution in [3.8, 4) is 11.5 Å². The Morgan fingerprint density at radius 2 is 1.97 bits per heavy atom. The van der Waals surface area contributed by atoms with E-state index in [4.69, 9.17) is 14.2 Å². The van der Waals surface area contributed by atoms with Gasteiger partial charge in [-0.25, -0.2) is 4.79 Å². The van der Waals surface area contributed by atoms with Gasteiger partial charge in [-0.15, -0.1) is 0 Å². The van der Waals surface area contributed by atoms with Gasteiger partial charge in [0.25, 0.3) is 0 Å². The first-order valence-electron chi connectivity index (χ1n) is 11.0. The fourth-order valence-corrected chi connectivity index (χ4v) is 3.41. The Hall–Kier alpha value is -2.98. The molecule has 0 spiro atoms. The zero-order valence-electron chi connectivity index (χ0n) is 19.1. The van der Waals surface area contributed by atoms with E-state index in [1.54, 1.807) is 6.07 Å². The molecule has 3 rings (SSSR count). The Bertz CT molecular complexity index is 947. The van der Waals surface area contributed by atoms with Gasteiger partial charge in [-0.3, -0.25) is 0 Å². The first-order valence-corrected chi connectivity index (χ1v) is 11.0. The molecule has 34 heavy (non-hydrogen) atoms. The van der Waals surface area contributed by atoms with Gasteiger partial charge in [-0.1, -0.05) is 6.07 Å². The first-order chi connectivity index (χ1) is 16.1. The van der Waals surface area contributed by atoms with E-state index in [-0.39, 0.29) is 25.0 Å². The van der Waals surface area contributed by atoms with E-state index in [0.29, 0.717) is 18.0 Å². The van der Waals surface area contributed by atoms with Crippen LogP contribution in [0.2, 0.25) is 0 Å². The average molecular weight is 482 g/mol. The molecule has 2 unspecified atom stereocenters. The Labute approximate surface area is 196 Å². The number of nitrogens with zero attached hydrogens (tertiary/aromatic N) is 1. The number of aryl methyl sites for hydroxylation is 1. The topological polar surface area (TPSA) is 80.3 Å². The smallest absolute Gasteiger partial charge is 0.416 e. The number of carbonyl (C=O) groups is 1. The maximum Gasteiger partial charge on any atom is 0.416 e. The lowest BCUT2D eigenvalue weighted by Crippen LogP contribution is -2.39. The Morgan fingerprint density at radius 3 is 2.62 bits per heavy atom. The molecule has 0 radical (unpaired) electrons. The van der Waals surface area contributed by atoms with Crippen molar-refractivity contribution in [2.45, 2.75) is 38.1 Å². The number of benzene rings is 2. The van der Waals surface area contributed by atoms with Gasteiger partial charge >= 0.3 is 12.2 Å². The molecule has 1 heterocycles. The van der Waals surface area contributed by atoms with Crippen LogP contribution in [0.3, 0.4) is 0 Å². The van der Waals surface area contributed by atoms with Crippen LogP contribution in [0.1, 0.15) is 24.0 Å². The van der Waals surface area contributed by atoms with Gasteiger partial charge in [0.2, 0.25) is 0 Å². The third kappa shape index (κ3) is 7.53. The van der Waals surface area contributed by atoms with Crippen molar-refractivity contribution in [1.29, 1.82) is 0 Å². The lowest BCUT2D eigenvalue weighted by atomic mass is 10.2. The molecule has 2 aromatic carbocycles. The van der Waals surface area contributed by atoms with E-state index < -0.39 is 23.9 Å². The van der Waals surface area contributed by atoms with E-state index in [9.17, 15) is 23.1 Å². The molecule has 0 bridgehead atoms. The predicted octanol–water partition coefficient (Wildman–Crippen LogP) is 4.48. The normalized spacial score (nSPS) is 16.7. The van der Waals surface area contributed by atoms with Crippen molar-refractivity contribution in [2.75, 3.05) is 38.7 Å². The van der Waals surface area contributed by atoms with Crippen LogP contribution in [0.4, 0.5) is 23.7 Å². The molecule has 2 N–H and O–H groups in total. The standard InChI is InChI=1S/C24H29F3N2O5/c1-16-5-10-21(22(12-16)34-15-20-4-3-11-32-20)28-23(31)29(2)13-18(30)14-33-19-8-6-17(7-9-19)24(25,26)27/h5-10,12,18,20,30H,3-4,11,13-15H2,1-2H3,(H,28,31). The zero-order valence-corrected chi connectivity index (χ0v) is 19.1. The van der Waals surface area contributed by atoms with Gasteiger partial charge in [0.15, 0.2) is 0 Å². The van der Waals surface area contributed by atoms with E-state index in [1.807, 2.05) is 19.1 Å². The quantitative estimate of drug-likeness (QED) is 0.551. The van der Waals surface area contributed by atoms with Crippen LogP contribution < -0.4 is 14.8 Å². The summed E-state index contributed by atoms with van der Waals surface area (Å²) >= 11 is 0. The Kier molecular flexibility index (Phi) is 8.62. The highest BCUT2D eigenvalue weighted by Gasteiger charge is 2.30. The van der Waals surface area contributed by atoms with Crippen molar-refractivity contribution in [3.05, 3.63) is 53.6 Å². The molecule has 2 atom stereocenters. The number of anilines is 1. The maximum atomic E-state index is 12.6. The molecule has 1 aliphatic heterocycles. The molecule has 10 heteroatoms. The number of nitrogens with one attached hydrogen (secondary N) is 1. The summed E-state index contributed by atoms with van der Waals surface area (Å²) in [4.78, 5) is 13.9. The molecule has 2 aromatic rings. The minimum absolute atomic E-state index is 0.0338. The van der Waals surface area contributed by atoms with Gasteiger partial charge in [-0.05, 0) is 61.7 Å². The average Bonchev–Trinajstić information content (AvgIpc) is 3.31. The number of urea groups is 1. The summed E-state index contributed by atoms with van der Waals surface area (Å²) in [5.74, 6) is 0.718. The molecular formula is C24H29F3N2O5. The van der Waals surface area contributed by atoms with Crippen molar-refractivity contribution < 1.29 is 37.3 Å². The van der Waals surface area contributed by atoms with Crippen LogP contribution in [0.15, 0.2) is 42.5 Å². The number of aliphatic hydroxyl groups is 1. The lowest BCUT2D eigenvalue weighted by Gasteiger charge is -2.22. The third-order valence-electron chi connectivity index (χ3n) is 5.28. The van der Waals surface area contributed by atoms with Gasteiger partial charge < -0.3 is 29.5 Å². The number of alkyl halides is 3. The molecular weight excluding hydrogens is 453 g/mol. The van der Waals surface area contributed by atoms with Crippen LogP contribution >= 0.6 is 0 Å². The highest BCUT2D eigenvalue weighted by atomic mass is 19.4. The number of likely N-dealkylation sites (N-methyl/N-ethyl adjacent to an activating group) is 1. The largest absolute Gasteiger partial charge is 0.491 e. The number of hydrogen-bond donors (Lipinski definition) is 2. The van der Waals surface area contributed by atoms with Gasteiger partial charge in [0, 0.05) is 13.7 Å². The Balaban J connectivity index is 1.49. The van der Waals surface area contributed by atoms with Gasteiger partial charge in [0.1, 0.15) is 30.8 Å². The summed E-state index contributed by atoms with van der Waals surface area (Å²) in [6.45, 7) is 2.79. The second-order valence-corrected chi connectivity index (χ2v) is 8.24. The van der Waals surface area contributed by atoms with Gasteiger partial charge in [0.05, 0.1) is 23.9 Å². The second kappa shape index (κ2) is 11.4. The monoisotopic (exact) mass is 482 g/mol. The van der Waals surface area contributed by atoms with Crippen LogP contribution in [0, 0.1) is 6.92 Å². The van der Waals surface area contributed by atoms with Crippen LogP contribution in [-0.2, 0) is 10.9 Å². The highest BCUT2D eigenvalue weighted by molar-refractivity contribution is 5.90. The molecule has 7 nitrogen and oxygen atoms in total. The van der Waals surface area contributed by atoms with E-state index in [1.165, 1.54) is 24.1 Å². The number of ether oxygens (including phenoxy) is 3. The molecule has 1 aliphatic rings. The fourth-order valence-electron chi connectivity index (χ4n) is 3.41. The SMILES string of the molecule is Cc1ccc(NC(=O)N(C)CC(O)COc2ccc(C(F)(F)F)cc2)c(OCC2CCCO2)c1. The van der Waals surface area contributed by atoms with Crippen LogP contribution in [0.5, 0.6) is 11.5 Å². The van der Waals surface area contributed by atoms with E-state index >= 15 is 0 Å². The summed E-state index contributed by atoms with van der Waals surface area (Å²) in [6, 6.07) is 9.14. The number of amides is 2. The number of rotatable bonds is 9. The van der Waals surface area contributed by atoms with Crippen molar-refractivity contribution in [3.63, 3.8) is 0 Å². The molecule has 1 fully saturated rings. The van der Waals surface area contributed by atoms with Gasteiger partial charge in [-0.2, -0.15) is 13.2 Å². The highest BCUT2D eigenvalue weighted by Crippen LogP contribution is 2.30. The number of hydrogen-bond acceptors (Lipinski definition) is 5. The fraction of sp³-hybridized carbons (Fsp3) is 0.458. The summed E-state index contributed by atoms with van der Waals surface area (Å²) in [6.07, 6.45) is -3.51. The molecule has 1 saturated heterocycles. The van der Waals surface area contributed by atoms with Crippen LogP contribution in [0.25, 0.3) is 0 Å². The lowest BCUT2D eigenvalue weighted by molar-refractivity contribution is -0.137. The molecule has 186 valence electrons. The van der Waals surface area contributed by atoms with E-state index in [2.05, 4.69) is 5.32 Å². The molecule has 0 saturated carbocycles. The number of halogens is 3.